The zero-order valence-electron chi connectivity index (χ0n) is 6.95. The first-order valence-electron chi connectivity index (χ1n) is 4.10. The Morgan fingerprint density at radius 2 is 1.92 bits per heavy atom. The van der Waals surface area contributed by atoms with Crippen molar-refractivity contribution in [1.82, 2.24) is 0 Å². The monoisotopic (exact) mass is 158 g/mol. The van der Waals surface area contributed by atoms with Crippen LogP contribution in [0.5, 0.6) is 0 Å². The minimum atomic E-state index is 0.0335. The predicted octanol–water partition coefficient (Wildman–Crippen LogP) is 2.39. The second-order valence-electron chi connectivity index (χ2n) is 3.09. The molecule has 0 heterocycles. The highest BCUT2D eigenvalue weighted by Crippen LogP contribution is 2.26. The molecule has 1 nitrogen and oxygen atoms in total. The van der Waals surface area contributed by atoms with Gasteiger partial charge >= 0.3 is 0 Å². The van der Waals surface area contributed by atoms with E-state index >= 15 is 0 Å². The molecule has 1 unspecified atom stereocenters. The summed E-state index contributed by atoms with van der Waals surface area (Å²) in [5, 5.41) is 0. The summed E-state index contributed by atoms with van der Waals surface area (Å²) in [6.07, 6.45) is 3.55. The summed E-state index contributed by atoms with van der Waals surface area (Å²) in [7, 11) is 0. The van der Waals surface area contributed by atoms with E-state index < -0.39 is 0 Å². The molecule has 1 aliphatic rings. The molecule has 0 aromatic heterocycles. The van der Waals surface area contributed by atoms with Crippen LogP contribution in [0.2, 0.25) is 0 Å². The molecule has 0 radical (unpaired) electrons. The number of allylic oxidation sites excluding steroid dienone is 1. The van der Waals surface area contributed by atoms with Crippen LogP contribution >= 0.6 is 0 Å². The summed E-state index contributed by atoms with van der Waals surface area (Å²) in [5.74, 6) is 0.236. The standard InChI is InChI=1S/C11H10O/c1-8-10-5-3-2-4-9(10)6-7-11(8)12/h2-8H,1H3. The maximum atomic E-state index is 11.3. The molecular weight excluding hydrogens is 148 g/mol. The van der Waals surface area contributed by atoms with Crippen LogP contribution in [0.15, 0.2) is 30.3 Å². The van der Waals surface area contributed by atoms with E-state index in [1.54, 1.807) is 6.08 Å². The fourth-order valence-corrected chi connectivity index (χ4v) is 1.53. The van der Waals surface area contributed by atoms with Gasteiger partial charge in [-0.2, -0.15) is 0 Å². The quantitative estimate of drug-likeness (QED) is 0.566. The van der Waals surface area contributed by atoms with Crippen molar-refractivity contribution in [3.8, 4) is 0 Å². The van der Waals surface area contributed by atoms with E-state index in [0.29, 0.717) is 0 Å². The molecule has 0 N–H and O–H groups in total. The Balaban J connectivity index is 2.59. The third kappa shape index (κ3) is 0.981. The van der Waals surface area contributed by atoms with Crippen LogP contribution in [0.1, 0.15) is 24.0 Å². The summed E-state index contributed by atoms with van der Waals surface area (Å²) in [4.78, 5) is 11.3. The van der Waals surface area contributed by atoms with Crippen molar-refractivity contribution in [3.63, 3.8) is 0 Å². The average molecular weight is 158 g/mol. The zero-order valence-corrected chi connectivity index (χ0v) is 6.95. The first-order valence-corrected chi connectivity index (χ1v) is 4.10. The number of rotatable bonds is 0. The minimum absolute atomic E-state index is 0.0335. The molecule has 1 aliphatic carbocycles. The van der Waals surface area contributed by atoms with Gasteiger partial charge in [-0.05, 0) is 17.2 Å². The van der Waals surface area contributed by atoms with Crippen molar-refractivity contribution in [3.05, 3.63) is 41.5 Å². The molecule has 1 aromatic carbocycles. The fourth-order valence-electron chi connectivity index (χ4n) is 1.53. The first kappa shape index (κ1) is 7.29. The van der Waals surface area contributed by atoms with Gasteiger partial charge in [-0.15, -0.1) is 0 Å². The second-order valence-corrected chi connectivity index (χ2v) is 3.09. The van der Waals surface area contributed by atoms with Gasteiger partial charge in [0.1, 0.15) is 0 Å². The van der Waals surface area contributed by atoms with Gasteiger partial charge < -0.3 is 0 Å². The number of carbonyl (C=O) groups is 1. The van der Waals surface area contributed by atoms with Gasteiger partial charge in [-0.3, -0.25) is 4.79 Å². The zero-order chi connectivity index (χ0) is 8.55. The summed E-state index contributed by atoms with van der Waals surface area (Å²) in [6.45, 7) is 1.95. The van der Waals surface area contributed by atoms with E-state index in [-0.39, 0.29) is 11.7 Å². The van der Waals surface area contributed by atoms with Gasteiger partial charge in [0.15, 0.2) is 5.78 Å². The lowest BCUT2D eigenvalue weighted by Gasteiger charge is -2.15. The molecule has 12 heavy (non-hydrogen) atoms. The molecular formula is C11H10O. The fraction of sp³-hybridized carbons (Fsp3) is 0.182. The van der Waals surface area contributed by atoms with E-state index in [4.69, 9.17) is 0 Å². The highest BCUT2D eigenvalue weighted by Gasteiger charge is 2.18. The molecule has 0 spiro atoms. The lowest BCUT2D eigenvalue weighted by molar-refractivity contribution is -0.115. The number of fused-ring (bicyclic) bond motifs is 1. The summed E-state index contributed by atoms with van der Waals surface area (Å²) in [6, 6.07) is 8.02. The van der Waals surface area contributed by atoms with E-state index in [1.165, 1.54) is 5.56 Å². The Labute approximate surface area is 71.7 Å². The van der Waals surface area contributed by atoms with Gasteiger partial charge in [0.05, 0.1) is 0 Å². The minimum Gasteiger partial charge on any atom is -0.294 e. The number of hydrogen-bond donors (Lipinski definition) is 0. The van der Waals surface area contributed by atoms with Gasteiger partial charge in [-0.1, -0.05) is 37.3 Å². The molecule has 1 aromatic rings. The van der Waals surface area contributed by atoms with Crippen molar-refractivity contribution in [2.75, 3.05) is 0 Å². The van der Waals surface area contributed by atoms with E-state index in [9.17, 15) is 4.79 Å². The Hall–Kier alpha value is -1.37. The number of hydrogen-bond acceptors (Lipinski definition) is 1. The number of ketones is 1. The van der Waals surface area contributed by atoms with E-state index in [1.807, 2.05) is 37.3 Å². The van der Waals surface area contributed by atoms with Crippen molar-refractivity contribution in [1.29, 1.82) is 0 Å². The molecule has 1 heteroatoms. The van der Waals surface area contributed by atoms with Crippen LogP contribution in [-0.2, 0) is 4.79 Å². The Morgan fingerprint density at radius 3 is 2.75 bits per heavy atom. The molecule has 0 amide bonds. The Kier molecular flexibility index (Phi) is 1.58. The molecule has 1 atom stereocenters. The van der Waals surface area contributed by atoms with Crippen LogP contribution in [0.3, 0.4) is 0 Å². The first-order chi connectivity index (χ1) is 5.79. The molecule has 0 aliphatic heterocycles. The molecule has 0 saturated carbocycles. The van der Waals surface area contributed by atoms with Crippen LogP contribution < -0.4 is 0 Å². The maximum absolute atomic E-state index is 11.3. The maximum Gasteiger partial charge on any atom is 0.162 e. The molecule has 60 valence electrons. The van der Waals surface area contributed by atoms with Crippen LogP contribution in [0.25, 0.3) is 6.08 Å². The van der Waals surface area contributed by atoms with Crippen LogP contribution in [-0.4, -0.2) is 5.78 Å². The topological polar surface area (TPSA) is 17.1 Å². The van der Waals surface area contributed by atoms with Gasteiger partial charge in [0.2, 0.25) is 0 Å². The number of carbonyl (C=O) groups excluding carboxylic acids is 1. The van der Waals surface area contributed by atoms with Crippen LogP contribution in [0.4, 0.5) is 0 Å². The normalized spacial score (nSPS) is 20.8. The molecule has 2 rings (SSSR count). The van der Waals surface area contributed by atoms with Crippen LogP contribution in [0, 0.1) is 0 Å². The van der Waals surface area contributed by atoms with Gasteiger partial charge in [0, 0.05) is 5.92 Å². The van der Waals surface area contributed by atoms with E-state index in [2.05, 4.69) is 0 Å². The highest BCUT2D eigenvalue weighted by atomic mass is 16.1. The highest BCUT2D eigenvalue weighted by molar-refractivity contribution is 6.01. The molecule has 0 saturated heterocycles. The summed E-state index contributed by atoms with van der Waals surface area (Å²) in [5.41, 5.74) is 2.31. The Bertz CT molecular complexity index is 350. The van der Waals surface area contributed by atoms with E-state index in [0.717, 1.165) is 5.56 Å². The molecule has 0 bridgehead atoms. The largest absolute Gasteiger partial charge is 0.294 e. The smallest absolute Gasteiger partial charge is 0.162 e. The van der Waals surface area contributed by atoms with Gasteiger partial charge in [-0.25, -0.2) is 0 Å². The van der Waals surface area contributed by atoms with Crippen molar-refractivity contribution >= 4 is 11.9 Å². The number of benzene rings is 1. The van der Waals surface area contributed by atoms with Gasteiger partial charge in [0.25, 0.3) is 0 Å². The lowest BCUT2D eigenvalue weighted by Crippen LogP contribution is -2.10. The predicted molar refractivity (Wildman–Crippen MR) is 48.9 cm³/mol. The second kappa shape index (κ2) is 2.59. The summed E-state index contributed by atoms with van der Waals surface area (Å²) < 4.78 is 0. The molecule has 0 fully saturated rings. The third-order valence-electron chi connectivity index (χ3n) is 2.32. The third-order valence-corrected chi connectivity index (χ3v) is 2.32. The van der Waals surface area contributed by atoms with Crippen molar-refractivity contribution in [2.24, 2.45) is 0 Å². The van der Waals surface area contributed by atoms with Crippen molar-refractivity contribution in [2.45, 2.75) is 12.8 Å². The average Bonchev–Trinajstić information content (AvgIpc) is 2.12. The Morgan fingerprint density at radius 1 is 1.17 bits per heavy atom. The summed E-state index contributed by atoms with van der Waals surface area (Å²) >= 11 is 0. The lowest BCUT2D eigenvalue weighted by atomic mass is 9.88. The van der Waals surface area contributed by atoms with Crippen molar-refractivity contribution < 1.29 is 4.79 Å². The SMILES string of the molecule is CC1C(=O)C=Cc2ccccc21.